The van der Waals surface area contributed by atoms with Gasteiger partial charge in [-0.05, 0) is 39.1 Å². The first-order chi connectivity index (χ1) is 11.5. The van der Waals surface area contributed by atoms with Gasteiger partial charge in [-0.15, -0.1) is 0 Å². The normalized spacial score (nSPS) is 24.4. The quantitative estimate of drug-likeness (QED) is 0.811. The Labute approximate surface area is 144 Å². The molecule has 3 rings (SSSR count). The Morgan fingerprint density at radius 2 is 2.17 bits per heavy atom. The van der Waals surface area contributed by atoms with Crippen molar-refractivity contribution < 1.29 is 9.59 Å². The van der Waals surface area contributed by atoms with E-state index in [9.17, 15) is 9.59 Å². The van der Waals surface area contributed by atoms with Gasteiger partial charge in [-0.2, -0.15) is 0 Å². The van der Waals surface area contributed by atoms with Crippen LogP contribution in [0.3, 0.4) is 0 Å². The summed E-state index contributed by atoms with van der Waals surface area (Å²) in [5.74, 6) is 0.0877. The van der Waals surface area contributed by atoms with Gasteiger partial charge in [0.25, 0.3) is 0 Å². The number of carbonyl (C=O) groups is 2. The number of aromatic nitrogens is 1. The maximum absolute atomic E-state index is 13.0. The maximum atomic E-state index is 13.0. The van der Waals surface area contributed by atoms with Gasteiger partial charge in [0.15, 0.2) is 0 Å². The fraction of sp³-hybridized carbons (Fsp3) is 0.667. The van der Waals surface area contributed by atoms with Gasteiger partial charge in [-0.25, -0.2) is 0 Å². The summed E-state index contributed by atoms with van der Waals surface area (Å²) >= 11 is 0. The second-order valence-corrected chi connectivity index (χ2v) is 7.28. The Balaban J connectivity index is 1.66. The minimum atomic E-state index is -0.180. The lowest BCUT2D eigenvalue weighted by atomic mass is 10.1. The fourth-order valence-corrected chi connectivity index (χ4v) is 3.87. The Hall–Kier alpha value is -1.82. The van der Waals surface area contributed by atoms with Crippen molar-refractivity contribution in [1.82, 2.24) is 19.3 Å². The standard InChI is InChI=1S/C18H28N4O2/c1-19(2)10-11-21-13-14(12-17(21)23)18(24)22-9-5-7-16(22)15-6-4-8-20(15)3/h4,6,8,14,16H,5,7,9-13H2,1-3H3/t14-,16+/m1/s1. The Morgan fingerprint density at radius 1 is 1.38 bits per heavy atom. The SMILES string of the molecule is CN(C)CCN1C[C@H](C(=O)N2CCC[C@H]2c2cccn2C)CC1=O. The van der Waals surface area contributed by atoms with Crippen LogP contribution in [0.25, 0.3) is 0 Å². The molecule has 2 fully saturated rings. The minimum Gasteiger partial charge on any atom is -0.353 e. The molecule has 2 aliphatic heterocycles. The highest BCUT2D eigenvalue weighted by Gasteiger charge is 2.40. The van der Waals surface area contributed by atoms with Crippen LogP contribution < -0.4 is 0 Å². The Morgan fingerprint density at radius 3 is 2.83 bits per heavy atom. The third-order valence-corrected chi connectivity index (χ3v) is 5.24. The molecule has 1 aromatic rings. The molecular formula is C18H28N4O2. The van der Waals surface area contributed by atoms with Crippen LogP contribution in [0.1, 0.15) is 31.0 Å². The average Bonchev–Trinajstić information content (AvgIpc) is 3.23. The van der Waals surface area contributed by atoms with Gasteiger partial charge < -0.3 is 19.3 Å². The van der Waals surface area contributed by atoms with Gasteiger partial charge in [0.2, 0.25) is 11.8 Å². The van der Waals surface area contributed by atoms with E-state index in [1.54, 1.807) is 0 Å². The molecule has 0 aromatic carbocycles. The van der Waals surface area contributed by atoms with E-state index in [2.05, 4.69) is 15.5 Å². The van der Waals surface area contributed by atoms with Crippen LogP contribution in [0.15, 0.2) is 18.3 Å². The smallest absolute Gasteiger partial charge is 0.228 e. The molecule has 1 aromatic heterocycles. The molecular weight excluding hydrogens is 304 g/mol. The number of likely N-dealkylation sites (N-methyl/N-ethyl adjacent to an activating group) is 1. The maximum Gasteiger partial charge on any atom is 0.228 e. The van der Waals surface area contributed by atoms with Crippen LogP contribution >= 0.6 is 0 Å². The molecule has 6 nitrogen and oxygen atoms in total. The van der Waals surface area contributed by atoms with Crippen LogP contribution in [0, 0.1) is 5.92 Å². The van der Waals surface area contributed by atoms with E-state index in [-0.39, 0.29) is 23.8 Å². The molecule has 0 bridgehead atoms. The summed E-state index contributed by atoms with van der Waals surface area (Å²) in [5, 5.41) is 0. The summed E-state index contributed by atoms with van der Waals surface area (Å²) in [6.07, 6.45) is 4.43. The molecule has 2 atom stereocenters. The zero-order valence-electron chi connectivity index (χ0n) is 14.9. The van der Waals surface area contributed by atoms with E-state index >= 15 is 0 Å². The van der Waals surface area contributed by atoms with Crippen LogP contribution in [-0.2, 0) is 16.6 Å². The van der Waals surface area contributed by atoms with Crippen molar-refractivity contribution in [2.24, 2.45) is 13.0 Å². The van der Waals surface area contributed by atoms with Crippen molar-refractivity contribution in [2.75, 3.05) is 40.3 Å². The number of rotatable bonds is 5. The molecule has 0 saturated carbocycles. The molecule has 24 heavy (non-hydrogen) atoms. The molecule has 2 amide bonds. The largest absolute Gasteiger partial charge is 0.353 e. The van der Waals surface area contributed by atoms with Crippen molar-refractivity contribution in [1.29, 1.82) is 0 Å². The first-order valence-electron chi connectivity index (χ1n) is 8.81. The summed E-state index contributed by atoms with van der Waals surface area (Å²) in [5.41, 5.74) is 1.19. The lowest BCUT2D eigenvalue weighted by Gasteiger charge is -2.28. The van der Waals surface area contributed by atoms with Crippen LogP contribution in [0.2, 0.25) is 0 Å². The number of likely N-dealkylation sites (tertiary alicyclic amines) is 2. The summed E-state index contributed by atoms with van der Waals surface area (Å²) in [4.78, 5) is 31.1. The fourth-order valence-electron chi connectivity index (χ4n) is 3.87. The van der Waals surface area contributed by atoms with E-state index in [0.717, 1.165) is 25.9 Å². The van der Waals surface area contributed by atoms with Gasteiger partial charge in [-0.1, -0.05) is 0 Å². The molecule has 0 unspecified atom stereocenters. The molecule has 0 spiro atoms. The topological polar surface area (TPSA) is 48.8 Å². The minimum absolute atomic E-state index is 0.116. The van der Waals surface area contributed by atoms with Crippen molar-refractivity contribution in [3.05, 3.63) is 24.0 Å². The number of hydrogen-bond donors (Lipinski definition) is 0. The lowest BCUT2D eigenvalue weighted by Crippen LogP contribution is -2.38. The summed E-state index contributed by atoms with van der Waals surface area (Å²) in [6, 6.07) is 4.28. The van der Waals surface area contributed by atoms with Crippen molar-refractivity contribution in [3.63, 3.8) is 0 Å². The molecule has 0 radical (unpaired) electrons. The van der Waals surface area contributed by atoms with Crippen molar-refractivity contribution in [3.8, 4) is 0 Å². The van der Waals surface area contributed by atoms with Crippen LogP contribution in [0.4, 0.5) is 0 Å². The second kappa shape index (κ2) is 6.97. The molecule has 2 aliphatic rings. The lowest BCUT2D eigenvalue weighted by molar-refractivity contribution is -0.136. The zero-order chi connectivity index (χ0) is 17.3. The predicted octanol–water partition coefficient (Wildman–Crippen LogP) is 1.10. The molecule has 132 valence electrons. The van der Waals surface area contributed by atoms with Gasteiger partial charge >= 0.3 is 0 Å². The van der Waals surface area contributed by atoms with Gasteiger partial charge in [0.1, 0.15) is 0 Å². The number of aryl methyl sites for hydroxylation is 1. The number of hydrogen-bond acceptors (Lipinski definition) is 3. The highest BCUT2D eigenvalue weighted by atomic mass is 16.2. The summed E-state index contributed by atoms with van der Waals surface area (Å²) in [6.45, 7) is 2.91. The van der Waals surface area contributed by atoms with E-state index in [0.29, 0.717) is 19.5 Å². The highest BCUT2D eigenvalue weighted by molar-refractivity contribution is 5.89. The van der Waals surface area contributed by atoms with E-state index in [1.807, 2.05) is 43.2 Å². The predicted molar refractivity (Wildman–Crippen MR) is 92.3 cm³/mol. The monoisotopic (exact) mass is 332 g/mol. The average molecular weight is 332 g/mol. The zero-order valence-corrected chi connectivity index (χ0v) is 14.9. The van der Waals surface area contributed by atoms with E-state index < -0.39 is 0 Å². The summed E-state index contributed by atoms with van der Waals surface area (Å²) in [7, 11) is 6.02. The number of nitrogens with zero attached hydrogens (tertiary/aromatic N) is 4. The molecule has 3 heterocycles. The van der Waals surface area contributed by atoms with Gasteiger partial charge in [-0.3, -0.25) is 9.59 Å². The van der Waals surface area contributed by atoms with E-state index in [4.69, 9.17) is 0 Å². The first-order valence-corrected chi connectivity index (χ1v) is 8.81. The third kappa shape index (κ3) is 3.34. The second-order valence-electron chi connectivity index (χ2n) is 7.28. The number of carbonyl (C=O) groups excluding carboxylic acids is 2. The molecule has 0 aliphatic carbocycles. The van der Waals surface area contributed by atoms with Crippen molar-refractivity contribution in [2.45, 2.75) is 25.3 Å². The number of amides is 2. The Kier molecular flexibility index (Phi) is 4.94. The van der Waals surface area contributed by atoms with Gasteiger partial charge in [0, 0.05) is 51.5 Å². The summed E-state index contributed by atoms with van der Waals surface area (Å²) < 4.78 is 2.10. The van der Waals surface area contributed by atoms with E-state index in [1.165, 1.54) is 5.69 Å². The molecule has 0 N–H and O–H groups in total. The first kappa shape index (κ1) is 17.0. The van der Waals surface area contributed by atoms with Gasteiger partial charge in [0.05, 0.1) is 12.0 Å². The third-order valence-electron chi connectivity index (χ3n) is 5.24. The molecule has 2 saturated heterocycles. The van der Waals surface area contributed by atoms with Crippen LogP contribution in [-0.4, -0.2) is 71.4 Å². The van der Waals surface area contributed by atoms with Crippen LogP contribution in [0.5, 0.6) is 0 Å². The van der Waals surface area contributed by atoms with Crippen molar-refractivity contribution >= 4 is 11.8 Å². The Bertz CT molecular complexity index is 610. The highest BCUT2D eigenvalue weighted by Crippen LogP contribution is 2.34. The molecule has 6 heteroatoms.